The first kappa shape index (κ1) is 22.5. The number of nitrogens with one attached hydrogen (secondary N) is 1. The van der Waals surface area contributed by atoms with Crippen molar-refractivity contribution in [2.24, 2.45) is 5.73 Å². The number of rotatable bonds is 5. The Morgan fingerprint density at radius 3 is 2.36 bits per heavy atom. The molecular formula is C22H22N4O6S. The highest BCUT2D eigenvalue weighted by Gasteiger charge is 2.33. The summed E-state index contributed by atoms with van der Waals surface area (Å²) in [5.41, 5.74) is 7.06. The summed E-state index contributed by atoms with van der Waals surface area (Å²) in [6.07, 6.45) is 0. The van der Waals surface area contributed by atoms with Gasteiger partial charge in [0.05, 0.1) is 0 Å². The average molecular weight is 471 g/mol. The molecule has 0 atom stereocenters. The molecule has 3 N–H and O–H groups in total. The number of aromatic nitrogens is 1. The molecule has 1 aliphatic rings. The van der Waals surface area contributed by atoms with Crippen molar-refractivity contribution in [3.63, 3.8) is 0 Å². The van der Waals surface area contributed by atoms with Crippen molar-refractivity contribution in [3.8, 4) is 11.3 Å². The molecule has 0 saturated carbocycles. The summed E-state index contributed by atoms with van der Waals surface area (Å²) in [5.74, 6) is -1.60. The Bertz CT molecular complexity index is 1380. The number of benzene rings is 1. The van der Waals surface area contributed by atoms with Crippen molar-refractivity contribution >= 4 is 21.8 Å². The maximum atomic E-state index is 12.9. The fourth-order valence-electron chi connectivity index (χ4n) is 3.64. The van der Waals surface area contributed by atoms with Gasteiger partial charge in [-0.1, -0.05) is 23.8 Å². The average Bonchev–Trinajstić information content (AvgIpc) is 3.30. The number of primary amides is 1. The Kier molecular flexibility index (Phi) is 5.91. The van der Waals surface area contributed by atoms with Crippen molar-refractivity contribution in [3.05, 3.63) is 75.8 Å². The predicted molar refractivity (Wildman–Crippen MR) is 119 cm³/mol. The zero-order valence-electron chi connectivity index (χ0n) is 17.8. The van der Waals surface area contributed by atoms with Crippen LogP contribution in [0.2, 0.25) is 0 Å². The third kappa shape index (κ3) is 4.45. The molecule has 10 nitrogen and oxygen atoms in total. The van der Waals surface area contributed by atoms with E-state index in [1.54, 1.807) is 6.07 Å². The minimum absolute atomic E-state index is 0.0138. The highest BCUT2D eigenvalue weighted by Crippen LogP contribution is 2.21. The van der Waals surface area contributed by atoms with E-state index in [1.165, 1.54) is 23.1 Å². The number of aromatic amines is 1. The van der Waals surface area contributed by atoms with Crippen LogP contribution >= 0.6 is 0 Å². The summed E-state index contributed by atoms with van der Waals surface area (Å²) in [6, 6.07) is 13.1. The zero-order chi connectivity index (χ0) is 23.8. The zero-order valence-corrected chi connectivity index (χ0v) is 18.6. The maximum absolute atomic E-state index is 12.9. The molecule has 1 fully saturated rings. The normalized spacial score (nSPS) is 14.9. The van der Waals surface area contributed by atoms with Crippen LogP contribution in [-0.2, 0) is 10.0 Å². The molecule has 3 heterocycles. The van der Waals surface area contributed by atoms with E-state index in [0.29, 0.717) is 5.69 Å². The van der Waals surface area contributed by atoms with E-state index in [4.69, 9.17) is 10.2 Å². The van der Waals surface area contributed by atoms with Crippen molar-refractivity contribution < 1.29 is 22.4 Å². The number of carbonyl (C=O) groups is 2. The lowest BCUT2D eigenvalue weighted by Gasteiger charge is -2.33. The van der Waals surface area contributed by atoms with Gasteiger partial charge in [0, 0.05) is 31.9 Å². The van der Waals surface area contributed by atoms with Gasteiger partial charge in [-0.15, -0.1) is 0 Å². The standard InChI is InChI=1S/C22H22N4O6S/c1-14-3-2-4-15(13-14)17-6-5-16(21(28)24-17)22(29)25-9-11-26(12-10-25)33(30,31)19-8-7-18(32-19)20(23)27/h2-8,13H,9-12H2,1H3,(H2,23,27)(H,24,28). The fraction of sp³-hybridized carbons (Fsp3) is 0.227. The second kappa shape index (κ2) is 8.68. The van der Waals surface area contributed by atoms with Gasteiger partial charge in [0.1, 0.15) is 5.56 Å². The molecule has 172 valence electrons. The van der Waals surface area contributed by atoms with E-state index < -0.39 is 27.4 Å². The van der Waals surface area contributed by atoms with Gasteiger partial charge >= 0.3 is 0 Å². The Labute approximate surface area is 189 Å². The summed E-state index contributed by atoms with van der Waals surface area (Å²) in [4.78, 5) is 40.8. The number of hydrogen-bond acceptors (Lipinski definition) is 6. The van der Waals surface area contributed by atoms with Gasteiger partial charge in [-0.3, -0.25) is 14.4 Å². The molecular weight excluding hydrogens is 448 g/mol. The highest BCUT2D eigenvalue weighted by molar-refractivity contribution is 7.89. The molecule has 0 radical (unpaired) electrons. The van der Waals surface area contributed by atoms with Crippen LogP contribution in [0.4, 0.5) is 0 Å². The highest BCUT2D eigenvalue weighted by atomic mass is 32.2. The molecule has 1 aliphatic heterocycles. The van der Waals surface area contributed by atoms with Gasteiger partial charge < -0.3 is 20.0 Å². The van der Waals surface area contributed by atoms with E-state index >= 15 is 0 Å². The smallest absolute Gasteiger partial charge is 0.284 e. The quantitative estimate of drug-likeness (QED) is 0.573. The number of carbonyl (C=O) groups excluding carboxylic acids is 2. The number of nitrogens with two attached hydrogens (primary N) is 1. The van der Waals surface area contributed by atoms with Gasteiger partial charge in [-0.25, -0.2) is 8.42 Å². The van der Waals surface area contributed by atoms with Crippen LogP contribution in [0.3, 0.4) is 0 Å². The van der Waals surface area contributed by atoms with E-state index in [2.05, 4.69) is 4.98 Å². The molecule has 3 aromatic rings. The Hall–Kier alpha value is -3.70. The summed E-state index contributed by atoms with van der Waals surface area (Å²) in [7, 11) is -3.98. The lowest BCUT2D eigenvalue weighted by atomic mass is 10.1. The number of pyridine rings is 1. The molecule has 0 unspecified atom stereocenters. The summed E-state index contributed by atoms with van der Waals surface area (Å²) in [6.45, 7) is 2.17. The summed E-state index contributed by atoms with van der Waals surface area (Å²) >= 11 is 0. The predicted octanol–water partition coefficient (Wildman–Crippen LogP) is 1.19. The van der Waals surface area contributed by atoms with E-state index in [0.717, 1.165) is 15.4 Å². The minimum Gasteiger partial charge on any atom is -0.438 e. The topological polar surface area (TPSA) is 147 Å². The number of hydrogen-bond donors (Lipinski definition) is 2. The minimum atomic E-state index is -3.98. The van der Waals surface area contributed by atoms with Crippen molar-refractivity contribution in [2.45, 2.75) is 12.0 Å². The fourth-order valence-corrected chi connectivity index (χ4v) is 4.98. The first-order chi connectivity index (χ1) is 15.7. The maximum Gasteiger partial charge on any atom is 0.284 e. The molecule has 0 spiro atoms. The second-order valence-electron chi connectivity index (χ2n) is 7.66. The van der Waals surface area contributed by atoms with Crippen LogP contribution in [-0.4, -0.2) is 60.6 Å². The third-order valence-corrected chi connectivity index (χ3v) is 7.19. The Morgan fingerprint density at radius 2 is 1.76 bits per heavy atom. The van der Waals surface area contributed by atoms with Gasteiger partial charge in [0.25, 0.3) is 27.4 Å². The molecule has 4 rings (SSSR count). The molecule has 33 heavy (non-hydrogen) atoms. The number of aryl methyl sites for hydroxylation is 1. The SMILES string of the molecule is Cc1cccc(-c2ccc(C(=O)N3CCN(S(=O)(=O)c4ccc(C(N)=O)o4)CC3)c(=O)[nH]2)c1. The third-order valence-electron chi connectivity index (χ3n) is 5.41. The van der Waals surface area contributed by atoms with Crippen LogP contribution in [0.1, 0.15) is 26.5 Å². The molecule has 2 amide bonds. The Morgan fingerprint density at radius 1 is 1.03 bits per heavy atom. The van der Waals surface area contributed by atoms with Crippen molar-refractivity contribution in [1.82, 2.24) is 14.2 Å². The molecule has 1 aromatic carbocycles. The van der Waals surface area contributed by atoms with Gasteiger partial charge in [0.2, 0.25) is 5.09 Å². The summed E-state index contributed by atoms with van der Waals surface area (Å²) in [5, 5.41) is -0.390. The van der Waals surface area contributed by atoms with Crippen LogP contribution in [0, 0.1) is 6.92 Å². The van der Waals surface area contributed by atoms with E-state index in [9.17, 15) is 22.8 Å². The molecule has 1 saturated heterocycles. The number of furan rings is 1. The number of nitrogens with zero attached hydrogens (tertiary/aromatic N) is 2. The molecule has 2 aromatic heterocycles. The lowest BCUT2D eigenvalue weighted by Crippen LogP contribution is -2.51. The monoisotopic (exact) mass is 470 g/mol. The largest absolute Gasteiger partial charge is 0.438 e. The van der Waals surface area contributed by atoms with Crippen molar-refractivity contribution in [2.75, 3.05) is 26.2 Å². The summed E-state index contributed by atoms with van der Waals surface area (Å²) < 4.78 is 31.7. The van der Waals surface area contributed by atoms with Crippen LogP contribution in [0.25, 0.3) is 11.3 Å². The number of piperazine rings is 1. The first-order valence-electron chi connectivity index (χ1n) is 10.2. The van der Waals surface area contributed by atoms with Gasteiger partial charge in [-0.05, 0) is 42.8 Å². The number of H-pyrrole nitrogens is 1. The Balaban J connectivity index is 1.46. The number of sulfonamides is 1. The molecule has 11 heteroatoms. The number of amides is 2. The van der Waals surface area contributed by atoms with E-state index in [-0.39, 0.29) is 42.6 Å². The second-order valence-corrected chi connectivity index (χ2v) is 9.53. The lowest BCUT2D eigenvalue weighted by molar-refractivity contribution is 0.0695. The van der Waals surface area contributed by atoms with E-state index in [1.807, 2.05) is 31.2 Å². The van der Waals surface area contributed by atoms with Crippen molar-refractivity contribution in [1.29, 1.82) is 0 Å². The van der Waals surface area contributed by atoms with Crippen LogP contribution in [0.15, 0.2) is 62.8 Å². The molecule has 0 bridgehead atoms. The van der Waals surface area contributed by atoms with Gasteiger partial charge in [0.15, 0.2) is 5.76 Å². The molecule has 0 aliphatic carbocycles. The van der Waals surface area contributed by atoms with Crippen LogP contribution < -0.4 is 11.3 Å². The van der Waals surface area contributed by atoms with Gasteiger partial charge in [-0.2, -0.15) is 4.31 Å². The van der Waals surface area contributed by atoms with Crippen LogP contribution in [0.5, 0.6) is 0 Å². The first-order valence-corrected chi connectivity index (χ1v) is 11.6.